The van der Waals surface area contributed by atoms with E-state index in [4.69, 9.17) is 5.73 Å². The first kappa shape index (κ1) is 12.3. The molecule has 1 aromatic heterocycles. The lowest BCUT2D eigenvalue weighted by atomic mass is 9.89. The smallest absolute Gasteiger partial charge is 0.0733 e. The minimum atomic E-state index is -0.384. The summed E-state index contributed by atoms with van der Waals surface area (Å²) < 4.78 is 0. The zero-order valence-corrected chi connectivity index (χ0v) is 11.5. The van der Waals surface area contributed by atoms with Crippen molar-refractivity contribution < 1.29 is 0 Å². The summed E-state index contributed by atoms with van der Waals surface area (Å²) in [6.45, 7) is 6.38. The number of aryl methyl sites for hydroxylation is 2. The van der Waals surface area contributed by atoms with Gasteiger partial charge in [0.05, 0.1) is 5.54 Å². The Morgan fingerprint density at radius 3 is 2.29 bits per heavy atom. The van der Waals surface area contributed by atoms with E-state index in [0.717, 1.165) is 6.42 Å². The normalized spacial score (nSPS) is 14.6. The van der Waals surface area contributed by atoms with Gasteiger partial charge in [0.2, 0.25) is 0 Å². The first-order valence-electron chi connectivity index (χ1n) is 5.98. The second kappa shape index (κ2) is 4.63. The Hall–Kier alpha value is -1.12. The molecule has 0 aliphatic rings. The van der Waals surface area contributed by atoms with Crippen molar-refractivity contribution in [3.8, 4) is 0 Å². The van der Waals surface area contributed by atoms with Crippen LogP contribution in [0.25, 0.3) is 0 Å². The molecule has 2 N–H and O–H groups in total. The molecule has 0 aliphatic heterocycles. The Kier molecular flexibility index (Phi) is 3.36. The second-order valence-corrected chi connectivity index (χ2v) is 5.60. The van der Waals surface area contributed by atoms with Crippen molar-refractivity contribution in [2.24, 2.45) is 5.73 Å². The van der Waals surface area contributed by atoms with Gasteiger partial charge in [0.25, 0.3) is 0 Å². The van der Waals surface area contributed by atoms with Crippen molar-refractivity contribution in [2.75, 3.05) is 0 Å². The molecule has 90 valence electrons. The van der Waals surface area contributed by atoms with E-state index in [2.05, 4.69) is 56.5 Å². The van der Waals surface area contributed by atoms with Gasteiger partial charge in [-0.1, -0.05) is 31.2 Å². The monoisotopic (exact) mass is 245 g/mol. The Balaban J connectivity index is 2.40. The summed E-state index contributed by atoms with van der Waals surface area (Å²) in [5.41, 5.74) is 9.93. The summed E-state index contributed by atoms with van der Waals surface area (Å²) in [5, 5.41) is 2.11. The zero-order valence-electron chi connectivity index (χ0n) is 10.7. The van der Waals surface area contributed by atoms with Crippen LogP contribution in [-0.2, 0) is 12.0 Å². The largest absolute Gasteiger partial charge is 0.317 e. The van der Waals surface area contributed by atoms with Crippen LogP contribution in [0.2, 0.25) is 0 Å². The van der Waals surface area contributed by atoms with Crippen LogP contribution in [0.15, 0.2) is 35.7 Å². The summed E-state index contributed by atoms with van der Waals surface area (Å²) >= 11 is 1.74. The molecule has 1 heterocycles. The van der Waals surface area contributed by atoms with Gasteiger partial charge < -0.3 is 5.73 Å². The van der Waals surface area contributed by atoms with Crippen LogP contribution in [0.4, 0.5) is 0 Å². The minimum absolute atomic E-state index is 0.384. The lowest BCUT2D eigenvalue weighted by Crippen LogP contribution is -2.33. The van der Waals surface area contributed by atoms with Crippen LogP contribution in [0, 0.1) is 6.92 Å². The van der Waals surface area contributed by atoms with E-state index >= 15 is 0 Å². The van der Waals surface area contributed by atoms with Crippen molar-refractivity contribution in [2.45, 2.75) is 32.7 Å². The van der Waals surface area contributed by atoms with Crippen LogP contribution in [0.1, 0.15) is 35.4 Å². The molecule has 1 aromatic carbocycles. The Morgan fingerprint density at radius 1 is 1.18 bits per heavy atom. The van der Waals surface area contributed by atoms with E-state index in [0.29, 0.717) is 0 Å². The number of hydrogen-bond acceptors (Lipinski definition) is 2. The van der Waals surface area contributed by atoms with Crippen molar-refractivity contribution in [1.82, 2.24) is 0 Å². The van der Waals surface area contributed by atoms with E-state index < -0.39 is 0 Å². The van der Waals surface area contributed by atoms with Gasteiger partial charge in [0.15, 0.2) is 0 Å². The molecular weight excluding hydrogens is 226 g/mol. The van der Waals surface area contributed by atoms with Gasteiger partial charge in [0.1, 0.15) is 0 Å². The van der Waals surface area contributed by atoms with Crippen LogP contribution in [-0.4, -0.2) is 0 Å². The molecule has 0 aliphatic carbocycles. The topological polar surface area (TPSA) is 26.0 Å². The summed E-state index contributed by atoms with van der Waals surface area (Å²) in [7, 11) is 0. The van der Waals surface area contributed by atoms with Crippen molar-refractivity contribution in [3.05, 3.63) is 57.3 Å². The fraction of sp³-hybridized carbons (Fsp3) is 0.333. The maximum Gasteiger partial charge on any atom is 0.0733 e. The summed E-state index contributed by atoms with van der Waals surface area (Å²) in [6.07, 6.45) is 1.07. The number of nitrogens with two attached hydrogens (primary N) is 1. The number of rotatable bonds is 3. The highest BCUT2D eigenvalue weighted by atomic mass is 32.1. The molecule has 0 spiro atoms. The van der Waals surface area contributed by atoms with E-state index in [9.17, 15) is 0 Å². The maximum absolute atomic E-state index is 6.51. The molecule has 1 nitrogen and oxygen atoms in total. The Morgan fingerprint density at radius 2 is 1.82 bits per heavy atom. The molecule has 1 atom stereocenters. The molecule has 0 radical (unpaired) electrons. The summed E-state index contributed by atoms with van der Waals surface area (Å²) in [6, 6.07) is 10.8. The average molecular weight is 245 g/mol. The Bertz CT molecular complexity index is 494. The highest BCUT2D eigenvalue weighted by Crippen LogP contribution is 2.32. The lowest BCUT2D eigenvalue weighted by Gasteiger charge is -2.25. The van der Waals surface area contributed by atoms with Crippen LogP contribution in [0.3, 0.4) is 0 Å². The fourth-order valence-corrected chi connectivity index (χ4v) is 3.15. The third kappa shape index (κ3) is 2.28. The molecule has 2 heteroatoms. The van der Waals surface area contributed by atoms with Gasteiger partial charge in [-0.05, 0) is 48.4 Å². The zero-order chi connectivity index (χ0) is 12.5. The molecule has 17 heavy (non-hydrogen) atoms. The SMILES string of the molecule is CCc1ccc(C(C)(N)c2sccc2C)cc1. The third-order valence-corrected chi connectivity index (χ3v) is 4.55. The summed E-state index contributed by atoms with van der Waals surface area (Å²) in [5.74, 6) is 0. The highest BCUT2D eigenvalue weighted by Gasteiger charge is 2.26. The average Bonchev–Trinajstić information content (AvgIpc) is 2.76. The van der Waals surface area contributed by atoms with E-state index in [1.165, 1.54) is 21.6 Å². The van der Waals surface area contributed by atoms with Crippen LogP contribution < -0.4 is 5.73 Å². The quantitative estimate of drug-likeness (QED) is 0.873. The lowest BCUT2D eigenvalue weighted by molar-refractivity contribution is 0.613. The molecule has 0 amide bonds. The van der Waals surface area contributed by atoms with Crippen LogP contribution >= 0.6 is 11.3 Å². The predicted octanol–water partition coefficient (Wildman–Crippen LogP) is 3.84. The van der Waals surface area contributed by atoms with Crippen molar-refractivity contribution >= 4 is 11.3 Å². The van der Waals surface area contributed by atoms with Gasteiger partial charge in [-0.25, -0.2) is 0 Å². The van der Waals surface area contributed by atoms with Gasteiger partial charge in [0, 0.05) is 4.88 Å². The third-order valence-electron chi connectivity index (χ3n) is 3.30. The maximum atomic E-state index is 6.51. The molecule has 0 saturated carbocycles. The first-order chi connectivity index (χ1) is 8.05. The molecule has 2 rings (SSSR count). The van der Waals surface area contributed by atoms with E-state index in [1.54, 1.807) is 11.3 Å². The van der Waals surface area contributed by atoms with Crippen molar-refractivity contribution in [1.29, 1.82) is 0 Å². The molecule has 2 aromatic rings. The van der Waals surface area contributed by atoms with Crippen molar-refractivity contribution in [3.63, 3.8) is 0 Å². The molecular formula is C15H19NS. The Labute approximate surface area is 107 Å². The number of hydrogen-bond donors (Lipinski definition) is 1. The molecule has 0 fully saturated rings. The van der Waals surface area contributed by atoms with Crippen LogP contribution in [0.5, 0.6) is 0 Å². The predicted molar refractivity (Wildman–Crippen MR) is 75.5 cm³/mol. The minimum Gasteiger partial charge on any atom is -0.317 e. The van der Waals surface area contributed by atoms with Gasteiger partial charge in [-0.3, -0.25) is 0 Å². The first-order valence-corrected chi connectivity index (χ1v) is 6.86. The van der Waals surface area contributed by atoms with E-state index in [1.807, 2.05) is 0 Å². The van der Waals surface area contributed by atoms with Gasteiger partial charge in [-0.2, -0.15) is 0 Å². The number of thiophene rings is 1. The molecule has 0 saturated heterocycles. The van der Waals surface area contributed by atoms with Gasteiger partial charge >= 0.3 is 0 Å². The number of benzene rings is 1. The fourth-order valence-electron chi connectivity index (χ4n) is 2.12. The highest BCUT2D eigenvalue weighted by molar-refractivity contribution is 7.10. The molecule has 0 bridgehead atoms. The standard InChI is InChI=1S/C15H19NS/c1-4-12-5-7-13(8-6-12)15(3,16)14-11(2)9-10-17-14/h5-10H,4,16H2,1-3H3. The summed E-state index contributed by atoms with van der Waals surface area (Å²) in [4.78, 5) is 1.25. The molecule has 1 unspecified atom stereocenters. The van der Waals surface area contributed by atoms with Gasteiger partial charge in [-0.15, -0.1) is 11.3 Å². The van der Waals surface area contributed by atoms with E-state index in [-0.39, 0.29) is 5.54 Å². The second-order valence-electron chi connectivity index (χ2n) is 4.69.